The number of hydrogen-bond donors (Lipinski definition) is 2. The van der Waals surface area contributed by atoms with E-state index in [-0.39, 0.29) is 15.7 Å². The van der Waals surface area contributed by atoms with Gasteiger partial charge in [-0.2, -0.15) is 13.2 Å². The van der Waals surface area contributed by atoms with E-state index in [1.54, 1.807) is 0 Å². The molecule has 0 spiro atoms. The van der Waals surface area contributed by atoms with Crippen LogP contribution in [0.25, 0.3) is 0 Å². The average Bonchev–Trinajstić information content (AvgIpc) is 2.29. The number of hydrogen-bond acceptors (Lipinski definition) is 4. The molecule has 5 nitrogen and oxygen atoms in total. The van der Waals surface area contributed by atoms with Gasteiger partial charge in [-0.25, -0.2) is 0 Å². The van der Waals surface area contributed by atoms with Gasteiger partial charge in [0.25, 0.3) is 5.91 Å². The van der Waals surface area contributed by atoms with Gasteiger partial charge in [0.15, 0.2) is 0 Å². The molecule has 19 heavy (non-hydrogen) atoms. The van der Waals surface area contributed by atoms with Gasteiger partial charge in [-0.3, -0.25) is 9.59 Å². The Kier molecular flexibility index (Phi) is 3.09. The molecule has 9 heteroatoms. The van der Waals surface area contributed by atoms with E-state index in [2.05, 4.69) is 26.4 Å². The van der Waals surface area contributed by atoms with Crippen LogP contribution in [0.2, 0.25) is 0 Å². The molecule has 1 aliphatic rings. The second-order valence-electron chi connectivity index (χ2n) is 3.61. The molecule has 1 aromatic carbocycles. The maximum atomic E-state index is 12.7. The minimum Gasteiger partial charge on any atom is -0.410 e. The monoisotopic (exact) mass is 336 g/mol. The number of alkyl halides is 3. The topological polar surface area (TPSA) is 78.8 Å². The van der Waals surface area contributed by atoms with Gasteiger partial charge in [-0.05, 0) is 12.1 Å². The average molecular weight is 337 g/mol. The minimum atomic E-state index is -4.63. The van der Waals surface area contributed by atoms with Crippen molar-refractivity contribution in [3.63, 3.8) is 0 Å². The maximum Gasteiger partial charge on any atom is 0.417 e. The van der Waals surface area contributed by atoms with E-state index in [1.807, 2.05) is 0 Å². The lowest BCUT2D eigenvalue weighted by Gasteiger charge is -2.19. The maximum absolute atomic E-state index is 12.7. The second-order valence-corrected chi connectivity index (χ2v) is 4.46. The van der Waals surface area contributed by atoms with Gasteiger partial charge in [-0.15, -0.1) is 0 Å². The number of oxime groups is 1. The molecule has 2 rings (SSSR count). The summed E-state index contributed by atoms with van der Waals surface area (Å²) >= 11 is 2.71. The van der Waals surface area contributed by atoms with E-state index in [0.29, 0.717) is 6.07 Å². The third-order valence-corrected chi connectivity index (χ3v) is 3.09. The summed E-state index contributed by atoms with van der Waals surface area (Å²) in [6, 6.07) is 1.56. The molecular formula is C10H4BrF3N2O3. The van der Waals surface area contributed by atoms with E-state index in [9.17, 15) is 22.8 Å². The van der Waals surface area contributed by atoms with Crippen LogP contribution in [0, 0.1) is 0 Å². The van der Waals surface area contributed by atoms with Crippen molar-refractivity contribution < 1.29 is 28.0 Å². The van der Waals surface area contributed by atoms with Crippen LogP contribution in [0.3, 0.4) is 0 Å². The van der Waals surface area contributed by atoms with Crippen LogP contribution in [0.5, 0.6) is 0 Å². The summed E-state index contributed by atoms with van der Waals surface area (Å²) in [5.74, 6) is -2.01. The Bertz CT molecular complexity index is 625. The summed E-state index contributed by atoms with van der Waals surface area (Å²) in [7, 11) is 0. The first kappa shape index (κ1) is 13.5. The summed E-state index contributed by atoms with van der Waals surface area (Å²) in [5.41, 5.74) is -2.27. The summed E-state index contributed by atoms with van der Waals surface area (Å²) in [5, 5.41) is 13.1. The first-order chi connectivity index (χ1) is 8.75. The lowest BCUT2D eigenvalue weighted by atomic mass is 9.98. The third-order valence-electron chi connectivity index (χ3n) is 2.44. The molecule has 0 saturated carbocycles. The van der Waals surface area contributed by atoms with Crippen LogP contribution in [0.15, 0.2) is 21.8 Å². The predicted molar refractivity (Wildman–Crippen MR) is 61.3 cm³/mol. The van der Waals surface area contributed by atoms with E-state index < -0.39 is 29.1 Å². The van der Waals surface area contributed by atoms with Crippen molar-refractivity contribution in [2.24, 2.45) is 5.16 Å². The first-order valence-electron chi connectivity index (χ1n) is 4.74. The Labute approximate surface area is 112 Å². The molecule has 1 aromatic rings. The Balaban J connectivity index is 2.65. The number of fused-ring (bicyclic) bond motifs is 1. The minimum absolute atomic E-state index is 0.188. The normalized spacial score (nSPS) is 17.4. The van der Waals surface area contributed by atoms with Crippen LogP contribution in [0.1, 0.15) is 15.9 Å². The second kappa shape index (κ2) is 4.34. The SMILES string of the molecule is O=C1Nc2cc(C(F)(F)F)c(Br)cc2C(=O)/C1=N/O. The number of anilines is 1. The summed E-state index contributed by atoms with van der Waals surface area (Å²) < 4.78 is 37.6. The van der Waals surface area contributed by atoms with Crippen molar-refractivity contribution >= 4 is 39.0 Å². The van der Waals surface area contributed by atoms with Crippen LogP contribution < -0.4 is 5.32 Å². The van der Waals surface area contributed by atoms with Crippen LogP contribution in [0.4, 0.5) is 18.9 Å². The molecule has 0 atom stereocenters. The number of nitrogens with one attached hydrogen (secondary N) is 1. The first-order valence-corrected chi connectivity index (χ1v) is 5.54. The quantitative estimate of drug-likeness (QED) is 0.564. The van der Waals surface area contributed by atoms with Gasteiger partial charge in [0, 0.05) is 10.0 Å². The van der Waals surface area contributed by atoms with E-state index in [1.165, 1.54) is 0 Å². The molecule has 1 amide bonds. The van der Waals surface area contributed by atoms with Gasteiger partial charge >= 0.3 is 6.18 Å². The molecule has 0 bridgehead atoms. The van der Waals surface area contributed by atoms with Gasteiger partial charge < -0.3 is 10.5 Å². The Hall–Kier alpha value is -1.90. The van der Waals surface area contributed by atoms with Gasteiger partial charge in [0.2, 0.25) is 11.5 Å². The zero-order valence-electron chi connectivity index (χ0n) is 8.88. The number of carbonyl (C=O) groups excluding carboxylic acids is 2. The number of nitrogens with zero attached hydrogens (tertiary/aromatic N) is 1. The number of Topliss-reactive ketones (excluding diaryl/α,β-unsaturated/α-hetero) is 1. The third kappa shape index (κ3) is 2.21. The molecule has 0 radical (unpaired) electrons. The summed E-state index contributed by atoms with van der Waals surface area (Å²) in [6.07, 6.45) is -4.63. The van der Waals surface area contributed by atoms with Crippen LogP contribution in [-0.4, -0.2) is 22.6 Å². The number of benzene rings is 1. The molecular weight excluding hydrogens is 333 g/mol. The Morgan fingerprint density at radius 2 is 1.89 bits per heavy atom. The summed E-state index contributed by atoms with van der Waals surface area (Å²) in [4.78, 5) is 23.0. The number of halogens is 4. The van der Waals surface area contributed by atoms with Crippen molar-refractivity contribution in [2.75, 3.05) is 5.32 Å². The number of ketones is 1. The molecule has 0 fully saturated rings. The Morgan fingerprint density at radius 3 is 2.42 bits per heavy atom. The standard InChI is InChI=1S/C10H4BrF3N2O3/c11-5-1-3-6(2-4(5)10(12,13)14)15-9(18)7(16-19)8(3)17/h1-2,19H,(H,15,18)/b16-7-. The number of rotatable bonds is 0. The fourth-order valence-electron chi connectivity index (χ4n) is 1.58. The largest absolute Gasteiger partial charge is 0.417 e. The fraction of sp³-hybridized carbons (Fsp3) is 0.100. The van der Waals surface area contributed by atoms with Gasteiger partial charge in [0.05, 0.1) is 11.3 Å². The van der Waals surface area contributed by atoms with Crippen molar-refractivity contribution in [3.8, 4) is 0 Å². The highest BCUT2D eigenvalue weighted by atomic mass is 79.9. The van der Waals surface area contributed by atoms with E-state index in [0.717, 1.165) is 6.07 Å². The van der Waals surface area contributed by atoms with Crippen molar-refractivity contribution in [1.29, 1.82) is 0 Å². The van der Waals surface area contributed by atoms with Gasteiger partial charge in [0.1, 0.15) is 0 Å². The van der Waals surface area contributed by atoms with E-state index >= 15 is 0 Å². The van der Waals surface area contributed by atoms with Crippen molar-refractivity contribution in [2.45, 2.75) is 6.18 Å². The Morgan fingerprint density at radius 1 is 1.26 bits per heavy atom. The fourth-order valence-corrected chi connectivity index (χ4v) is 2.15. The summed E-state index contributed by atoms with van der Waals surface area (Å²) in [6.45, 7) is 0. The molecule has 0 saturated heterocycles. The highest BCUT2D eigenvalue weighted by Crippen LogP contribution is 2.38. The highest BCUT2D eigenvalue weighted by molar-refractivity contribution is 9.10. The zero-order chi connectivity index (χ0) is 14.4. The highest BCUT2D eigenvalue weighted by Gasteiger charge is 2.37. The van der Waals surface area contributed by atoms with Crippen molar-refractivity contribution in [3.05, 3.63) is 27.7 Å². The lowest BCUT2D eigenvalue weighted by molar-refractivity contribution is -0.138. The predicted octanol–water partition coefficient (Wildman–Crippen LogP) is 2.43. The van der Waals surface area contributed by atoms with Crippen LogP contribution >= 0.6 is 15.9 Å². The van der Waals surface area contributed by atoms with E-state index in [4.69, 9.17) is 5.21 Å². The smallest absolute Gasteiger partial charge is 0.410 e. The van der Waals surface area contributed by atoms with Crippen molar-refractivity contribution in [1.82, 2.24) is 0 Å². The van der Waals surface area contributed by atoms with Crippen LogP contribution in [-0.2, 0) is 11.0 Å². The number of carbonyl (C=O) groups is 2. The molecule has 1 heterocycles. The van der Waals surface area contributed by atoms with Gasteiger partial charge in [-0.1, -0.05) is 21.1 Å². The molecule has 0 aromatic heterocycles. The molecule has 0 unspecified atom stereocenters. The molecule has 0 aliphatic carbocycles. The zero-order valence-corrected chi connectivity index (χ0v) is 10.5. The molecule has 2 N–H and O–H groups in total. The number of amides is 1. The molecule has 1 aliphatic heterocycles. The lowest BCUT2D eigenvalue weighted by Crippen LogP contribution is -2.36. The molecule has 100 valence electrons.